The fourth-order valence-electron chi connectivity index (χ4n) is 3.89. The molecule has 1 N–H and O–H groups in total. The largest absolute Gasteiger partial charge is 0.419 e. The standard InChI is InChI=1S/C25H28N4O2/c1-4-16-11-12-26-23(13-16)31-25-21(6-3)28-24(20(5-2)29-25)27-15-19-18-10-8-7-9-17(18)14-22(19)30/h7-13,15,19,22,30H,4-6,14H2,1-3H3/b27-15+/t19?,22-/m0/s1. The molecule has 160 valence electrons. The van der Waals surface area contributed by atoms with Gasteiger partial charge in [-0.1, -0.05) is 45.0 Å². The first-order valence-electron chi connectivity index (χ1n) is 11.0. The van der Waals surface area contributed by atoms with Gasteiger partial charge in [-0.25, -0.2) is 19.9 Å². The van der Waals surface area contributed by atoms with E-state index in [1.807, 2.05) is 44.3 Å². The number of ether oxygens (including phenoxy) is 1. The van der Waals surface area contributed by atoms with E-state index < -0.39 is 6.10 Å². The van der Waals surface area contributed by atoms with Gasteiger partial charge < -0.3 is 9.84 Å². The number of fused-ring (bicyclic) bond motifs is 1. The fraction of sp³-hybridized carbons (Fsp3) is 0.360. The monoisotopic (exact) mass is 416 g/mol. The van der Waals surface area contributed by atoms with Gasteiger partial charge in [-0.15, -0.1) is 0 Å². The zero-order chi connectivity index (χ0) is 21.8. The van der Waals surface area contributed by atoms with E-state index in [-0.39, 0.29) is 5.92 Å². The number of aryl methyl sites for hydroxylation is 3. The van der Waals surface area contributed by atoms with Crippen molar-refractivity contribution in [3.63, 3.8) is 0 Å². The third kappa shape index (κ3) is 4.49. The van der Waals surface area contributed by atoms with Gasteiger partial charge in [0.25, 0.3) is 0 Å². The van der Waals surface area contributed by atoms with Crippen LogP contribution < -0.4 is 4.74 Å². The minimum absolute atomic E-state index is 0.135. The Bertz CT molecular complexity index is 1100. The summed E-state index contributed by atoms with van der Waals surface area (Å²) in [7, 11) is 0. The van der Waals surface area contributed by atoms with Crippen LogP contribution in [-0.2, 0) is 25.7 Å². The number of benzene rings is 1. The molecule has 4 rings (SSSR count). The minimum Gasteiger partial charge on any atom is -0.419 e. The molecule has 0 fully saturated rings. The van der Waals surface area contributed by atoms with Crippen molar-refractivity contribution in [2.24, 2.45) is 4.99 Å². The van der Waals surface area contributed by atoms with Gasteiger partial charge in [0.05, 0.1) is 11.8 Å². The maximum absolute atomic E-state index is 10.5. The maximum atomic E-state index is 10.5. The number of aliphatic imine (C=N–C) groups is 1. The summed E-state index contributed by atoms with van der Waals surface area (Å²) in [4.78, 5) is 18.4. The lowest BCUT2D eigenvalue weighted by Gasteiger charge is -2.13. The highest BCUT2D eigenvalue weighted by molar-refractivity contribution is 5.74. The van der Waals surface area contributed by atoms with Crippen LogP contribution in [0.15, 0.2) is 47.6 Å². The van der Waals surface area contributed by atoms with E-state index in [0.717, 1.165) is 28.9 Å². The van der Waals surface area contributed by atoms with Crippen molar-refractivity contribution in [1.29, 1.82) is 0 Å². The van der Waals surface area contributed by atoms with Crippen LogP contribution in [0.4, 0.5) is 5.82 Å². The Labute approximate surface area is 183 Å². The lowest BCUT2D eigenvalue weighted by molar-refractivity contribution is 0.179. The molecule has 0 saturated carbocycles. The Balaban J connectivity index is 1.64. The molecule has 0 spiro atoms. The van der Waals surface area contributed by atoms with Gasteiger partial charge in [0.1, 0.15) is 5.69 Å². The summed E-state index contributed by atoms with van der Waals surface area (Å²) in [6.07, 6.45) is 5.99. The van der Waals surface area contributed by atoms with Gasteiger partial charge in [-0.2, -0.15) is 0 Å². The van der Waals surface area contributed by atoms with Gasteiger partial charge in [0.15, 0.2) is 5.82 Å². The third-order valence-electron chi connectivity index (χ3n) is 5.68. The third-order valence-corrected chi connectivity index (χ3v) is 5.68. The SMILES string of the molecule is CCc1ccnc(Oc2nc(CC)c(/N=C/C3c4ccccc4C[C@@H]3O)nc2CC)c1. The summed E-state index contributed by atoms with van der Waals surface area (Å²) in [6.45, 7) is 6.13. The Morgan fingerprint density at radius 1 is 1.06 bits per heavy atom. The van der Waals surface area contributed by atoms with Crippen LogP contribution in [0.3, 0.4) is 0 Å². The van der Waals surface area contributed by atoms with Gasteiger partial charge >= 0.3 is 0 Å². The summed E-state index contributed by atoms with van der Waals surface area (Å²) in [6, 6.07) is 12.0. The van der Waals surface area contributed by atoms with Crippen LogP contribution in [0.2, 0.25) is 0 Å². The van der Waals surface area contributed by atoms with Crippen LogP contribution >= 0.6 is 0 Å². The van der Waals surface area contributed by atoms with E-state index in [1.165, 1.54) is 5.56 Å². The molecule has 1 aromatic carbocycles. The van der Waals surface area contributed by atoms with Crippen molar-refractivity contribution in [2.45, 2.75) is 58.5 Å². The first-order valence-corrected chi connectivity index (χ1v) is 11.0. The van der Waals surface area contributed by atoms with E-state index in [4.69, 9.17) is 14.7 Å². The Kier molecular flexibility index (Phi) is 6.37. The van der Waals surface area contributed by atoms with Gasteiger partial charge in [0, 0.05) is 24.4 Å². The van der Waals surface area contributed by atoms with Crippen LogP contribution in [-0.4, -0.2) is 32.4 Å². The Hall–Kier alpha value is -3.12. The number of aromatic nitrogens is 3. The van der Waals surface area contributed by atoms with Gasteiger partial charge in [0.2, 0.25) is 11.8 Å². The van der Waals surface area contributed by atoms with Crippen molar-refractivity contribution in [3.8, 4) is 11.8 Å². The molecule has 0 saturated heterocycles. The molecular weight excluding hydrogens is 388 g/mol. The fourth-order valence-corrected chi connectivity index (χ4v) is 3.89. The molecule has 1 aliphatic carbocycles. The van der Waals surface area contributed by atoms with Crippen LogP contribution in [0, 0.1) is 0 Å². The zero-order valence-corrected chi connectivity index (χ0v) is 18.2. The predicted octanol–water partition coefficient (Wildman–Crippen LogP) is 4.75. The molecule has 0 aliphatic heterocycles. The first kappa shape index (κ1) is 21.1. The summed E-state index contributed by atoms with van der Waals surface area (Å²) < 4.78 is 6.01. The maximum Gasteiger partial charge on any atom is 0.243 e. The second kappa shape index (κ2) is 9.35. The summed E-state index contributed by atoms with van der Waals surface area (Å²) in [5.74, 6) is 1.45. The Morgan fingerprint density at radius 2 is 1.87 bits per heavy atom. The van der Waals surface area contributed by atoms with E-state index in [1.54, 1.807) is 6.20 Å². The number of hydrogen-bond donors (Lipinski definition) is 1. The highest BCUT2D eigenvalue weighted by atomic mass is 16.5. The molecule has 2 atom stereocenters. The summed E-state index contributed by atoms with van der Waals surface area (Å²) >= 11 is 0. The molecule has 0 amide bonds. The number of nitrogens with zero attached hydrogens (tertiary/aromatic N) is 4. The second-order valence-electron chi connectivity index (χ2n) is 7.69. The predicted molar refractivity (Wildman–Crippen MR) is 122 cm³/mol. The second-order valence-corrected chi connectivity index (χ2v) is 7.69. The molecule has 0 radical (unpaired) electrons. The van der Waals surface area contributed by atoms with E-state index in [9.17, 15) is 5.11 Å². The number of aliphatic hydroxyl groups excluding tert-OH is 1. The van der Waals surface area contributed by atoms with Crippen LogP contribution in [0.5, 0.6) is 11.8 Å². The van der Waals surface area contributed by atoms with E-state index >= 15 is 0 Å². The molecule has 31 heavy (non-hydrogen) atoms. The number of aliphatic hydroxyl groups is 1. The quantitative estimate of drug-likeness (QED) is 0.562. The van der Waals surface area contributed by atoms with Crippen molar-refractivity contribution < 1.29 is 9.84 Å². The van der Waals surface area contributed by atoms with Gasteiger partial charge in [-0.3, -0.25) is 0 Å². The van der Waals surface area contributed by atoms with E-state index in [0.29, 0.717) is 36.8 Å². The number of hydrogen-bond acceptors (Lipinski definition) is 6. The van der Waals surface area contributed by atoms with Crippen molar-refractivity contribution >= 4 is 12.0 Å². The smallest absolute Gasteiger partial charge is 0.243 e. The molecule has 6 heteroatoms. The number of pyridine rings is 1. The van der Waals surface area contributed by atoms with Crippen molar-refractivity contribution in [1.82, 2.24) is 15.0 Å². The average molecular weight is 417 g/mol. The van der Waals surface area contributed by atoms with Crippen molar-refractivity contribution in [2.75, 3.05) is 0 Å². The van der Waals surface area contributed by atoms with Crippen LogP contribution in [0.25, 0.3) is 0 Å². The minimum atomic E-state index is -0.468. The Morgan fingerprint density at radius 3 is 2.65 bits per heavy atom. The van der Waals surface area contributed by atoms with E-state index in [2.05, 4.69) is 29.0 Å². The zero-order valence-electron chi connectivity index (χ0n) is 18.2. The molecule has 2 heterocycles. The van der Waals surface area contributed by atoms with Crippen LogP contribution in [0.1, 0.15) is 54.8 Å². The number of rotatable bonds is 7. The lowest BCUT2D eigenvalue weighted by Crippen LogP contribution is -2.14. The molecule has 6 nitrogen and oxygen atoms in total. The molecule has 1 unspecified atom stereocenters. The molecule has 2 aromatic heterocycles. The first-order chi connectivity index (χ1) is 15.1. The average Bonchev–Trinajstić information content (AvgIpc) is 3.12. The molecule has 3 aromatic rings. The molecule has 0 bridgehead atoms. The highest BCUT2D eigenvalue weighted by Gasteiger charge is 2.29. The van der Waals surface area contributed by atoms with Crippen molar-refractivity contribution in [3.05, 3.63) is 70.7 Å². The van der Waals surface area contributed by atoms with Gasteiger partial charge in [-0.05, 0) is 48.4 Å². The summed E-state index contributed by atoms with van der Waals surface area (Å²) in [5, 5.41) is 10.5. The normalized spacial score (nSPS) is 17.8. The molecular formula is C25H28N4O2. The molecule has 1 aliphatic rings. The highest BCUT2D eigenvalue weighted by Crippen LogP contribution is 2.33. The lowest BCUT2D eigenvalue weighted by atomic mass is 10.0. The summed E-state index contributed by atoms with van der Waals surface area (Å²) in [5.41, 5.74) is 4.95. The topological polar surface area (TPSA) is 80.5 Å².